The van der Waals surface area contributed by atoms with Crippen LogP contribution in [0.4, 0.5) is 4.39 Å². The Morgan fingerprint density at radius 3 is 2.45 bits per heavy atom. The summed E-state index contributed by atoms with van der Waals surface area (Å²) in [6, 6.07) is 15.6. The number of halogens is 1. The molecule has 2 unspecified atom stereocenters. The maximum absolute atomic E-state index is 14.9. The molecule has 29 heavy (non-hydrogen) atoms. The molecule has 0 aliphatic carbocycles. The van der Waals surface area contributed by atoms with E-state index in [2.05, 4.69) is 4.99 Å². The normalized spacial score (nSPS) is 23.7. The number of nitrogens with zero attached hydrogens (tertiary/aromatic N) is 2. The van der Waals surface area contributed by atoms with E-state index in [9.17, 15) is 12.8 Å². The van der Waals surface area contributed by atoms with Gasteiger partial charge in [-0.2, -0.15) is 0 Å². The van der Waals surface area contributed by atoms with Gasteiger partial charge in [-0.3, -0.25) is 9.30 Å². The maximum Gasteiger partial charge on any atom is 0.243 e. The van der Waals surface area contributed by atoms with Crippen LogP contribution in [0.3, 0.4) is 0 Å². The smallest absolute Gasteiger partial charge is 0.243 e. The maximum atomic E-state index is 14.9. The third-order valence-electron chi connectivity index (χ3n) is 5.18. The van der Waals surface area contributed by atoms with Gasteiger partial charge in [0, 0.05) is 19.7 Å². The van der Waals surface area contributed by atoms with Crippen LogP contribution in [0.15, 0.2) is 59.6 Å². The van der Waals surface area contributed by atoms with E-state index in [0.29, 0.717) is 0 Å². The van der Waals surface area contributed by atoms with E-state index in [0.717, 1.165) is 9.87 Å². The van der Waals surface area contributed by atoms with E-state index in [4.69, 9.17) is 9.47 Å². The summed E-state index contributed by atoms with van der Waals surface area (Å²) in [5.41, 5.74) is -0.368. The minimum atomic E-state index is -3.85. The van der Waals surface area contributed by atoms with Crippen LogP contribution in [0.1, 0.15) is 18.1 Å². The number of amidine groups is 1. The molecule has 1 heterocycles. The molecule has 156 valence electrons. The summed E-state index contributed by atoms with van der Waals surface area (Å²) in [6.07, 6.45) is 0. The first-order chi connectivity index (χ1) is 13.8. The first-order valence-electron chi connectivity index (χ1n) is 9.22. The number of hydrogen-bond acceptors (Lipinski definition) is 5. The van der Waals surface area contributed by atoms with Crippen LogP contribution < -0.4 is 0 Å². The Labute approximate surface area is 171 Å². The molecule has 0 aromatic heterocycles. The summed E-state index contributed by atoms with van der Waals surface area (Å²) in [5, 5.41) is -1.14. The number of sulfonamides is 1. The fraction of sp³-hybridized carbons (Fsp3) is 0.381. The molecule has 1 aliphatic heterocycles. The highest BCUT2D eigenvalue weighted by atomic mass is 32.2. The highest BCUT2D eigenvalue weighted by molar-refractivity contribution is 7.90. The molecule has 0 N–H and O–H groups in total. The van der Waals surface area contributed by atoms with Gasteiger partial charge in [-0.1, -0.05) is 48.5 Å². The zero-order chi connectivity index (χ0) is 21.1. The predicted octanol–water partition coefficient (Wildman–Crippen LogP) is 2.95. The van der Waals surface area contributed by atoms with Gasteiger partial charge in [-0.15, -0.1) is 0 Å². The molecule has 2 aromatic rings. The van der Waals surface area contributed by atoms with Gasteiger partial charge in [0.15, 0.2) is 0 Å². The molecule has 1 aliphatic rings. The van der Waals surface area contributed by atoms with Crippen molar-refractivity contribution < 1.29 is 22.3 Å². The average molecular weight is 421 g/mol. The second-order valence-corrected chi connectivity index (χ2v) is 9.14. The van der Waals surface area contributed by atoms with Gasteiger partial charge in [-0.05, 0) is 18.6 Å². The summed E-state index contributed by atoms with van der Waals surface area (Å²) in [4.78, 5) is 4.67. The molecule has 2 aromatic carbocycles. The molecule has 0 spiro atoms. The van der Waals surface area contributed by atoms with Crippen molar-refractivity contribution in [1.82, 2.24) is 4.31 Å². The zero-order valence-corrected chi connectivity index (χ0v) is 17.5. The van der Waals surface area contributed by atoms with E-state index in [-0.39, 0.29) is 31.2 Å². The Bertz CT molecular complexity index is 981. The van der Waals surface area contributed by atoms with Crippen LogP contribution in [0, 0.1) is 5.82 Å². The van der Waals surface area contributed by atoms with E-state index >= 15 is 0 Å². The van der Waals surface area contributed by atoms with Crippen LogP contribution in [0.25, 0.3) is 0 Å². The lowest BCUT2D eigenvalue weighted by molar-refractivity contribution is 0.0542. The first-order valence-corrected chi connectivity index (χ1v) is 10.7. The largest absolute Gasteiger partial charge is 0.383 e. The zero-order valence-electron chi connectivity index (χ0n) is 16.7. The molecule has 0 saturated carbocycles. The summed E-state index contributed by atoms with van der Waals surface area (Å²) in [7, 11) is -0.999. The third kappa shape index (κ3) is 4.05. The van der Waals surface area contributed by atoms with Gasteiger partial charge in [-0.25, -0.2) is 12.8 Å². The number of hydrogen-bond donors (Lipinski definition) is 0. The molecule has 2 atom stereocenters. The molecule has 0 radical (unpaired) electrons. The third-order valence-corrected chi connectivity index (χ3v) is 7.46. The van der Waals surface area contributed by atoms with E-state index in [1.165, 1.54) is 20.2 Å². The van der Waals surface area contributed by atoms with Crippen molar-refractivity contribution in [2.45, 2.75) is 24.3 Å². The standard InChI is InChI=1S/C21H25FN2O4S/c1-16-23-21(18-11-7-8-12-19(18)22,15-28-13-17-9-5-4-6-10-17)20(14-27-3)29(25,26)24(16)2/h4-12,20H,13-15H2,1-3H3. The van der Waals surface area contributed by atoms with Gasteiger partial charge in [0.2, 0.25) is 10.0 Å². The Balaban J connectivity index is 2.09. The molecule has 0 fully saturated rings. The van der Waals surface area contributed by atoms with Gasteiger partial charge < -0.3 is 9.47 Å². The number of aliphatic imine (C=N–C) groups is 1. The molecule has 3 rings (SSSR count). The fourth-order valence-electron chi connectivity index (χ4n) is 3.58. The molecule has 6 nitrogen and oxygen atoms in total. The minimum absolute atomic E-state index is 0.110. The van der Waals surface area contributed by atoms with Crippen LogP contribution in [-0.2, 0) is 31.6 Å². The van der Waals surface area contributed by atoms with Crippen LogP contribution in [0.5, 0.6) is 0 Å². The monoisotopic (exact) mass is 420 g/mol. The summed E-state index contributed by atoms with van der Waals surface area (Å²) in [5.74, 6) is -0.267. The number of rotatable bonds is 7. The van der Waals surface area contributed by atoms with Crippen molar-refractivity contribution in [2.75, 3.05) is 27.4 Å². The van der Waals surface area contributed by atoms with E-state index < -0.39 is 26.6 Å². The topological polar surface area (TPSA) is 68.2 Å². The summed E-state index contributed by atoms with van der Waals surface area (Å²) < 4.78 is 53.6. The van der Waals surface area contributed by atoms with Crippen LogP contribution >= 0.6 is 0 Å². The quantitative estimate of drug-likeness (QED) is 0.691. The van der Waals surface area contributed by atoms with E-state index in [1.807, 2.05) is 30.3 Å². The second-order valence-electron chi connectivity index (χ2n) is 7.00. The summed E-state index contributed by atoms with van der Waals surface area (Å²) >= 11 is 0. The molecule has 0 bridgehead atoms. The SMILES string of the molecule is COCC1C(COCc2ccccc2)(c2ccccc2F)N=C(C)N(C)S1(=O)=O. The van der Waals surface area contributed by atoms with Crippen molar-refractivity contribution in [3.8, 4) is 0 Å². The molecule has 8 heteroatoms. The van der Waals surface area contributed by atoms with Crippen LogP contribution in [-0.4, -0.2) is 51.2 Å². The summed E-state index contributed by atoms with van der Waals surface area (Å²) in [6.45, 7) is 1.59. The Hall–Kier alpha value is -2.29. The number of methoxy groups -OCH3 is 1. The minimum Gasteiger partial charge on any atom is -0.383 e. The Kier molecular flexibility index (Phi) is 6.36. The predicted molar refractivity (Wildman–Crippen MR) is 110 cm³/mol. The van der Waals surface area contributed by atoms with Crippen LogP contribution in [0.2, 0.25) is 0 Å². The van der Waals surface area contributed by atoms with Gasteiger partial charge in [0.05, 0.1) is 19.8 Å². The van der Waals surface area contributed by atoms with Crippen molar-refractivity contribution >= 4 is 15.9 Å². The van der Waals surface area contributed by atoms with Crippen molar-refractivity contribution in [2.24, 2.45) is 4.99 Å². The fourth-order valence-corrected chi connectivity index (χ4v) is 5.41. The van der Waals surface area contributed by atoms with Gasteiger partial charge in [0.25, 0.3) is 0 Å². The van der Waals surface area contributed by atoms with Gasteiger partial charge in [0.1, 0.15) is 22.4 Å². The molecular formula is C21H25FN2O4S. The Morgan fingerprint density at radius 1 is 1.14 bits per heavy atom. The molecule has 0 amide bonds. The average Bonchev–Trinajstić information content (AvgIpc) is 2.71. The lowest BCUT2D eigenvalue weighted by Gasteiger charge is -2.43. The number of ether oxygens (including phenoxy) is 2. The highest BCUT2D eigenvalue weighted by Gasteiger charge is 2.54. The highest BCUT2D eigenvalue weighted by Crippen LogP contribution is 2.40. The van der Waals surface area contributed by atoms with Crippen molar-refractivity contribution in [1.29, 1.82) is 0 Å². The van der Waals surface area contributed by atoms with Crippen molar-refractivity contribution in [3.63, 3.8) is 0 Å². The number of benzene rings is 2. The van der Waals surface area contributed by atoms with Crippen molar-refractivity contribution in [3.05, 3.63) is 71.5 Å². The first kappa shape index (κ1) is 21.4. The second kappa shape index (κ2) is 8.61. The lowest BCUT2D eigenvalue weighted by atomic mass is 9.86. The van der Waals surface area contributed by atoms with Gasteiger partial charge >= 0.3 is 0 Å². The Morgan fingerprint density at radius 2 is 1.79 bits per heavy atom. The lowest BCUT2D eigenvalue weighted by Crippen LogP contribution is -2.58. The molecule has 0 saturated heterocycles. The van der Waals surface area contributed by atoms with E-state index in [1.54, 1.807) is 25.1 Å². The molecular weight excluding hydrogens is 395 g/mol.